The molecule has 3 nitrogen and oxygen atoms in total. The quantitative estimate of drug-likeness (QED) is 0.861. The zero-order valence-corrected chi connectivity index (χ0v) is 13.5. The van der Waals surface area contributed by atoms with Crippen LogP contribution in [0.15, 0.2) is 18.2 Å². The third-order valence-corrected chi connectivity index (χ3v) is 3.98. The van der Waals surface area contributed by atoms with Crippen LogP contribution in [0.3, 0.4) is 0 Å². The number of carbonyl (C=O) groups is 1. The van der Waals surface area contributed by atoms with Crippen LogP contribution in [-0.2, 0) is 11.3 Å². The van der Waals surface area contributed by atoms with Gasteiger partial charge in [0.25, 0.3) is 0 Å². The molecule has 1 aliphatic carbocycles. The van der Waals surface area contributed by atoms with Gasteiger partial charge in [0.05, 0.1) is 10.0 Å². The van der Waals surface area contributed by atoms with Gasteiger partial charge in [-0.05, 0) is 43.5 Å². The van der Waals surface area contributed by atoms with Crippen LogP contribution in [0.1, 0.15) is 31.2 Å². The molecule has 6 heteroatoms. The Balaban J connectivity index is 0.00000200. The number of nitrogens with zero attached hydrogens (tertiary/aromatic N) is 1. The molecule has 1 amide bonds. The van der Waals surface area contributed by atoms with Gasteiger partial charge >= 0.3 is 0 Å². The normalized spacial score (nSPS) is 13.8. The number of amides is 1. The first-order chi connectivity index (χ1) is 9.11. The number of benzene rings is 1. The molecule has 1 aliphatic rings. The van der Waals surface area contributed by atoms with Crippen molar-refractivity contribution >= 4 is 41.5 Å². The van der Waals surface area contributed by atoms with E-state index >= 15 is 0 Å². The van der Waals surface area contributed by atoms with Crippen LogP contribution in [0.4, 0.5) is 0 Å². The van der Waals surface area contributed by atoms with E-state index in [2.05, 4.69) is 0 Å². The maximum Gasteiger partial charge on any atom is 0.223 e. The Morgan fingerprint density at radius 2 is 2.00 bits per heavy atom. The van der Waals surface area contributed by atoms with Crippen molar-refractivity contribution in [3.8, 4) is 0 Å². The van der Waals surface area contributed by atoms with E-state index in [0.717, 1.165) is 24.8 Å². The van der Waals surface area contributed by atoms with Gasteiger partial charge in [-0.25, -0.2) is 0 Å². The van der Waals surface area contributed by atoms with Gasteiger partial charge in [0.1, 0.15) is 0 Å². The highest BCUT2D eigenvalue weighted by Crippen LogP contribution is 2.30. The molecule has 0 saturated heterocycles. The van der Waals surface area contributed by atoms with E-state index in [-0.39, 0.29) is 18.3 Å². The van der Waals surface area contributed by atoms with Crippen molar-refractivity contribution in [2.45, 2.75) is 38.3 Å². The summed E-state index contributed by atoms with van der Waals surface area (Å²) in [4.78, 5) is 14.1. The molecule has 2 rings (SSSR count). The Labute approximate surface area is 135 Å². The lowest BCUT2D eigenvalue weighted by atomic mass is 10.2. The molecular formula is C14H19Cl3N2O. The van der Waals surface area contributed by atoms with Crippen LogP contribution >= 0.6 is 35.6 Å². The summed E-state index contributed by atoms with van der Waals surface area (Å²) in [6.45, 7) is 1.15. The molecule has 1 saturated carbocycles. The van der Waals surface area contributed by atoms with Crippen molar-refractivity contribution in [2.24, 2.45) is 5.73 Å². The van der Waals surface area contributed by atoms with Crippen molar-refractivity contribution in [3.05, 3.63) is 33.8 Å². The molecule has 1 fully saturated rings. The first-order valence-corrected chi connectivity index (χ1v) is 7.31. The molecule has 0 radical (unpaired) electrons. The molecule has 0 spiro atoms. The summed E-state index contributed by atoms with van der Waals surface area (Å²) in [5.74, 6) is 0.180. The minimum atomic E-state index is 0. The van der Waals surface area contributed by atoms with E-state index in [4.69, 9.17) is 28.9 Å². The van der Waals surface area contributed by atoms with E-state index in [1.165, 1.54) is 0 Å². The van der Waals surface area contributed by atoms with Gasteiger partial charge in [-0.15, -0.1) is 12.4 Å². The van der Waals surface area contributed by atoms with Crippen molar-refractivity contribution in [1.29, 1.82) is 0 Å². The topological polar surface area (TPSA) is 46.3 Å². The zero-order chi connectivity index (χ0) is 13.8. The number of rotatable bonds is 6. The van der Waals surface area contributed by atoms with Crippen molar-refractivity contribution in [2.75, 3.05) is 6.54 Å². The van der Waals surface area contributed by atoms with E-state index in [1.807, 2.05) is 17.0 Å². The Hall–Kier alpha value is -0.480. The highest BCUT2D eigenvalue weighted by Gasteiger charge is 2.32. The summed E-state index contributed by atoms with van der Waals surface area (Å²) >= 11 is 11.9. The average Bonchev–Trinajstić information content (AvgIpc) is 3.21. The highest BCUT2D eigenvalue weighted by molar-refractivity contribution is 6.42. The lowest BCUT2D eigenvalue weighted by Crippen LogP contribution is -2.32. The SMILES string of the molecule is Cl.NCCCC(=O)N(Cc1ccc(Cl)c(Cl)c1)C1CC1. The molecule has 0 aromatic heterocycles. The Morgan fingerprint density at radius 1 is 1.30 bits per heavy atom. The maximum atomic E-state index is 12.2. The Kier molecular flexibility index (Phi) is 7.10. The van der Waals surface area contributed by atoms with Crippen LogP contribution < -0.4 is 5.73 Å². The predicted molar refractivity (Wildman–Crippen MR) is 85.6 cm³/mol. The second kappa shape index (κ2) is 8.08. The number of nitrogens with two attached hydrogens (primary N) is 1. The van der Waals surface area contributed by atoms with Crippen LogP contribution in [0, 0.1) is 0 Å². The first-order valence-electron chi connectivity index (χ1n) is 6.55. The second-order valence-electron chi connectivity index (χ2n) is 4.89. The van der Waals surface area contributed by atoms with Crippen LogP contribution in [0.5, 0.6) is 0 Å². The summed E-state index contributed by atoms with van der Waals surface area (Å²) in [6.07, 6.45) is 3.45. The molecule has 0 heterocycles. The minimum absolute atomic E-state index is 0. The fourth-order valence-corrected chi connectivity index (χ4v) is 2.36. The molecule has 0 atom stereocenters. The average molecular weight is 338 g/mol. The van der Waals surface area contributed by atoms with Gasteiger partial charge in [0, 0.05) is 19.0 Å². The third-order valence-electron chi connectivity index (χ3n) is 3.24. The van der Waals surface area contributed by atoms with E-state index in [1.54, 1.807) is 6.07 Å². The summed E-state index contributed by atoms with van der Waals surface area (Å²) in [6, 6.07) is 5.91. The zero-order valence-electron chi connectivity index (χ0n) is 11.1. The summed E-state index contributed by atoms with van der Waals surface area (Å²) in [7, 11) is 0. The van der Waals surface area contributed by atoms with Gasteiger partial charge in [-0.3, -0.25) is 4.79 Å². The molecule has 1 aromatic rings. The number of carbonyl (C=O) groups excluding carboxylic acids is 1. The molecule has 112 valence electrons. The van der Waals surface area contributed by atoms with Gasteiger partial charge in [0.15, 0.2) is 0 Å². The highest BCUT2D eigenvalue weighted by atomic mass is 35.5. The molecule has 2 N–H and O–H groups in total. The maximum absolute atomic E-state index is 12.2. The summed E-state index contributed by atoms with van der Waals surface area (Å²) < 4.78 is 0. The predicted octanol–water partition coefficient (Wildman–Crippen LogP) is 3.65. The molecule has 1 aromatic carbocycles. The van der Waals surface area contributed by atoms with Gasteiger partial charge in [-0.1, -0.05) is 29.3 Å². The molecule has 0 unspecified atom stereocenters. The lowest BCUT2D eigenvalue weighted by molar-refractivity contribution is -0.132. The Morgan fingerprint density at radius 3 is 2.55 bits per heavy atom. The van der Waals surface area contributed by atoms with Crippen molar-refractivity contribution in [1.82, 2.24) is 4.90 Å². The monoisotopic (exact) mass is 336 g/mol. The largest absolute Gasteiger partial charge is 0.335 e. The smallest absolute Gasteiger partial charge is 0.223 e. The molecule has 0 bridgehead atoms. The van der Waals surface area contributed by atoms with Gasteiger partial charge < -0.3 is 10.6 Å². The Bertz CT molecular complexity index is 464. The number of hydrogen-bond acceptors (Lipinski definition) is 2. The second-order valence-corrected chi connectivity index (χ2v) is 5.71. The van der Waals surface area contributed by atoms with Crippen molar-refractivity contribution in [3.63, 3.8) is 0 Å². The summed E-state index contributed by atoms with van der Waals surface area (Å²) in [5, 5.41) is 1.07. The fraction of sp³-hybridized carbons (Fsp3) is 0.500. The first kappa shape index (κ1) is 17.6. The fourth-order valence-electron chi connectivity index (χ4n) is 2.04. The molecule has 20 heavy (non-hydrogen) atoms. The standard InChI is InChI=1S/C14H18Cl2N2O.ClH/c15-12-6-3-10(8-13(12)16)9-18(11-4-5-11)14(19)2-1-7-17;/h3,6,8,11H,1-2,4-5,7,9,17H2;1H. The summed E-state index contributed by atoms with van der Waals surface area (Å²) in [5.41, 5.74) is 6.47. The lowest BCUT2D eigenvalue weighted by Gasteiger charge is -2.22. The minimum Gasteiger partial charge on any atom is -0.335 e. The number of hydrogen-bond donors (Lipinski definition) is 1. The molecule has 0 aliphatic heterocycles. The van der Waals surface area contributed by atoms with E-state index in [9.17, 15) is 4.79 Å². The van der Waals surface area contributed by atoms with Gasteiger partial charge in [0.2, 0.25) is 5.91 Å². The van der Waals surface area contributed by atoms with Crippen LogP contribution in [0.2, 0.25) is 10.0 Å². The number of halogens is 3. The molecular weight excluding hydrogens is 319 g/mol. The third kappa shape index (κ3) is 4.81. The van der Waals surface area contributed by atoms with Crippen molar-refractivity contribution < 1.29 is 4.79 Å². The van der Waals surface area contributed by atoms with E-state index < -0.39 is 0 Å². The van der Waals surface area contributed by atoms with E-state index in [0.29, 0.717) is 35.6 Å². The van der Waals surface area contributed by atoms with Gasteiger partial charge in [-0.2, -0.15) is 0 Å². The van der Waals surface area contributed by atoms with Crippen LogP contribution in [-0.4, -0.2) is 23.4 Å². The van der Waals surface area contributed by atoms with Crippen LogP contribution in [0.25, 0.3) is 0 Å².